The van der Waals surface area contributed by atoms with Gasteiger partial charge in [0.25, 0.3) is 0 Å². The van der Waals surface area contributed by atoms with E-state index in [1.165, 1.54) is 0 Å². The van der Waals surface area contributed by atoms with Gasteiger partial charge in [-0.15, -0.1) is 0 Å². The Balaban J connectivity index is 2.07. The Kier molecular flexibility index (Phi) is 5.11. The van der Waals surface area contributed by atoms with Crippen LogP contribution >= 0.6 is 0 Å². The number of amides is 1. The molecule has 1 aromatic carbocycles. The van der Waals surface area contributed by atoms with Crippen molar-refractivity contribution in [2.24, 2.45) is 11.7 Å². The fourth-order valence-corrected chi connectivity index (χ4v) is 2.23. The van der Waals surface area contributed by atoms with Gasteiger partial charge in [-0.05, 0) is 5.92 Å². The van der Waals surface area contributed by atoms with Crippen molar-refractivity contribution in [3.05, 3.63) is 42.4 Å². The van der Waals surface area contributed by atoms with Crippen molar-refractivity contribution in [1.82, 2.24) is 9.88 Å². The molecule has 0 atom stereocenters. The van der Waals surface area contributed by atoms with Gasteiger partial charge < -0.3 is 10.2 Å². The number of nitrogens with zero attached hydrogens (tertiary/aromatic N) is 2. The second-order valence-electron chi connectivity index (χ2n) is 5.51. The average Bonchev–Trinajstić information content (AvgIpc) is 2.86. The predicted octanol–water partition coefficient (Wildman–Crippen LogP) is 2.28. The van der Waals surface area contributed by atoms with Crippen LogP contribution < -0.4 is 5.73 Å². The van der Waals surface area contributed by atoms with E-state index in [4.69, 9.17) is 10.2 Å². The van der Waals surface area contributed by atoms with Gasteiger partial charge in [0.15, 0.2) is 5.76 Å². The van der Waals surface area contributed by atoms with Gasteiger partial charge in [-0.3, -0.25) is 9.69 Å². The summed E-state index contributed by atoms with van der Waals surface area (Å²) in [7, 11) is 0. The zero-order valence-electron chi connectivity index (χ0n) is 12.5. The van der Waals surface area contributed by atoms with E-state index in [1.807, 2.05) is 35.2 Å². The van der Waals surface area contributed by atoms with Crippen molar-refractivity contribution in [3.8, 4) is 11.3 Å². The van der Waals surface area contributed by atoms with E-state index in [0.717, 1.165) is 17.9 Å². The lowest BCUT2D eigenvalue weighted by molar-refractivity contribution is -0.119. The van der Waals surface area contributed by atoms with Crippen molar-refractivity contribution in [2.75, 3.05) is 13.1 Å². The first-order chi connectivity index (χ1) is 10.0. The Morgan fingerprint density at radius 2 is 2.05 bits per heavy atom. The number of nitrogens with two attached hydrogens (primary N) is 1. The highest BCUT2D eigenvalue weighted by molar-refractivity contribution is 5.75. The van der Waals surface area contributed by atoms with E-state index >= 15 is 0 Å². The summed E-state index contributed by atoms with van der Waals surface area (Å²) < 4.78 is 5.76. The van der Waals surface area contributed by atoms with Gasteiger partial charge in [-0.1, -0.05) is 44.2 Å². The standard InChI is InChI=1S/C16H21N3O2/c1-12(2)9-19(10-15(17)20)11-16-18-8-14(21-16)13-6-4-3-5-7-13/h3-8,12H,9-11H2,1-2H3,(H2,17,20). The molecule has 21 heavy (non-hydrogen) atoms. The Labute approximate surface area is 124 Å². The van der Waals surface area contributed by atoms with E-state index in [2.05, 4.69) is 18.8 Å². The molecular formula is C16H21N3O2. The lowest BCUT2D eigenvalue weighted by Gasteiger charge is -2.20. The Morgan fingerprint density at radius 3 is 2.67 bits per heavy atom. The SMILES string of the molecule is CC(C)CN(CC(N)=O)Cc1ncc(-c2ccccc2)o1. The van der Waals surface area contributed by atoms with Crippen LogP contribution in [0.5, 0.6) is 0 Å². The van der Waals surface area contributed by atoms with Crippen LogP contribution in [0.4, 0.5) is 0 Å². The van der Waals surface area contributed by atoms with Gasteiger partial charge in [0.1, 0.15) is 0 Å². The number of hydrogen-bond acceptors (Lipinski definition) is 4. The second kappa shape index (κ2) is 7.04. The van der Waals surface area contributed by atoms with Crippen LogP contribution in [0.25, 0.3) is 11.3 Å². The molecule has 0 fully saturated rings. The molecule has 1 heterocycles. The number of carbonyl (C=O) groups excluding carboxylic acids is 1. The van der Waals surface area contributed by atoms with Crippen LogP contribution in [-0.4, -0.2) is 28.9 Å². The maximum absolute atomic E-state index is 11.1. The number of rotatable bonds is 7. The molecule has 0 bridgehead atoms. The fourth-order valence-electron chi connectivity index (χ4n) is 2.23. The summed E-state index contributed by atoms with van der Waals surface area (Å²) in [4.78, 5) is 17.4. The molecule has 2 aromatic rings. The largest absolute Gasteiger partial charge is 0.439 e. The molecule has 0 saturated carbocycles. The molecule has 0 aliphatic carbocycles. The van der Waals surface area contributed by atoms with Gasteiger partial charge in [-0.25, -0.2) is 4.98 Å². The molecule has 1 amide bonds. The molecule has 112 valence electrons. The second-order valence-corrected chi connectivity index (χ2v) is 5.51. The molecule has 2 rings (SSSR count). The van der Waals surface area contributed by atoms with Crippen LogP contribution in [0.3, 0.4) is 0 Å². The van der Waals surface area contributed by atoms with Crippen LogP contribution in [0, 0.1) is 5.92 Å². The number of aromatic nitrogens is 1. The number of oxazole rings is 1. The number of benzene rings is 1. The zero-order valence-corrected chi connectivity index (χ0v) is 12.5. The van der Waals surface area contributed by atoms with Crippen molar-refractivity contribution >= 4 is 5.91 Å². The number of hydrogen-bond donors (Lipinski definition) is 1. The summed E-state index contributed by atoms with van der Waals surface area (Å²) in [6.45, 7) is 5.65. The monoisotopic (exact) mass is 287 g/mol. The molecule has 0 unspecified atom stereocenters. The minimum atomic E-state index is -0.342. The first-order valence-electron chi connectivity index (χ1n) is 7.05. The smallest absolute Gasteiger partial charge is 0.231 e. The molecule has 0 aliphatic heterocycles. The van der Waals surface area contributed by atoms with Crippen molar-refractivity contribution in [1.29, 1.82) is 0 Å². The molecular weight excluding hydrogens is 266 g/mol. The first kappa shape index (κ1) is 15.3. The molecule has 5 nitrogen and oxygen atoms in total. The Bertz CT molecular complexity index is 578. The van der Waals surface area contributed by atoms with Crippen LogP contribution in [-0.2, 0) is 11.3 Å². The van der Waals surface area contributed by atoms with Crippen LogP contribution in [0.1, 0.15) is 19.7 Å². The van der Waals surface area contributed by atoms with Crippen molar-refractivity contribution in [3.63, 3.8) is 0 Å². The third-order valence-electron chi connectivity index (χ3n) is 2.97. The zero-order chi connectivity index (χ0) is 15.2. The van der Waals surface area contributed by atoms with Gasteiger partial charge in [-0.2, -0.15) is 0 Å². The summed E-state index contributed by atoms with van der Waals surface area (Å²) in [5, 5.41) is 0. The molecule has 5 heteroatoms. The van der Waals surface area contributed by atoms with E-state index in [9.17, 15) is 4.79 Å². The van der Waals surface area contributed by atoms with Gasteiger partial charge in [0.05, 0.1) is 19.3 Å². The molecule has 0 aliphatic rings. The first-order valence-corrected chi connectivity index (χ1v) is 7.05. The summed E-state index contributed by atoms with van der Waals surface area (Å²) in [6, 6.07) is 9.81. The predicted molar refractivity (Wildman–Crippen MR) is 81.2 cm³/mol. The lowest BCUT2D eigenvalue weighted by atomic mass is 10.2. The number of carbonyl (C=O) groups is 1. The van der Waals surface area contributed by atoms with Crippen LogP contribution in [0.2, 0.25) is 0 Å². The summed E-state index contributed by atoms with van der Waals surface area (Å²) in [6.07, 6.45) is 1.71. The molecule has 0 saturated heterocycles. The Morgan fingerprint density at radius 1 is 1.33 bits per heavy atom. The average molecular weight is 287 g/mol. The minimum Gasteiger partial charge on any atom is -0.439 e. The highest BCUT2D eigenvalue weighted by atomic mass is 16.4. The third-order valence-corrected chi connectivity index (χ3v) is 2.97. The number of primary amides is 1. The summed E-state index contributed by atoms with van der Waals surface area (Å²) >= 11 is 0. The molecule has 2 N–H and O–H groups in total. The van der Waals surface area contributed by atoms with Crippen LogP contribution in [0.15, 0.2) is 40.9 Å². The fraction of sp³-hybridized carbons (Fsp3) is 0.375. The molecule has 0 radical (unpaired) electrons. The third kappa shape index (κ3) is 4.72. The van der Waals surface area contributed by atoms with Gasteiger partial charge in [0.2, 0.25) is 11.8 Å². The minimum absolute atomic E-state index is 0.210. The maximum Gasteiger partial charge on any atom is 0.231 e. The van der Waals surface area contributed by atoms with E-state index in [0.29, 0.717) is 18.4 Å². The summed E-state index contributed by atoms with van der Waals surface area (Å²) in [5.41, 5.74) is 6.27. The van der Waals surface area contributed by atoms with Crippen molar-refractivity contribution < 1.29 is 9.21 Å². The van der Waals surface area contributed by atoms with E-state index < -0.39 is 0 Å². The van der Waals surface area contributed by atoms with Gasteiger partial charge >= 0.3 is 0 Å². The topological polar surface area (TPSA) is 72.4 Å². The quantitative estimate of drug-likeness (QED) is 0.848. The molecule has 0 spiro atoms. The van der Waals surface area contributed by atoms with E-state index in [-0.39, 0.29) is 12.5 Å². The maximum atomic E-state index is 11.1. The summed E-state index contributed by atoms with van der Waals surface area (Å²) in [5.74, 6) is 1.42. The normalized spacial score (nSPS) is 11.2. The highest BCUT2D eigenvalue weighted by Crippen LogP contribution is 2.20. The lowest BCUT2D eigenvalue weighted by Crippen LogP contribution is -2.35. The molecule has 1 aromatic heterocycles. The van der Waals surface area contributed by atoms with Crippen molar-refractivity contribution in [2.45, 2.75) is 20.4 Å². The van der Waals surface area contributed by atoms with E-state index in [1.54, 1.807) is 6.20 Å². The highest BCUT2D eigenvalue weighted by Gasteiger charge is 2.14. The van der Waals surface area contributed by atoms with Gasteiger partial charge in [0, 0.05) is 12.1 Å². The Hall–Kier alpha value is -2.14.